The largest absolute Gasteiger partial charge is 0.465 e. The standard InChI is InChI=1S/C19H19N3O4/c1-3-25-18(23)12-22-11-14(15-6-4-5-7-16(15)22)10-20-21-19(24)17-9-8-13(2)26-17/h4-11H,3,12H2,1-2H3,(H,21,24)/b20-10-. The van der Waals surface area contributed by atoms with Gasteiger partial charge in [0.1, 0.15) is 12.3 Å². The molecule has 7 nitrogen and oxygen atoms in total. The molecule has 2 aromatic heterocycles. The third-order valence-electron chi connectivity index (χ3n) is 3.76. The van der Waals surface area contributed by atoms with E-state index in [-0.39, 0.29) is 18.3 Å². The van der Waals surface area contributed by atoms with E-state index in [1.165, 1.54) is 6.21 Å². The minimum absolute atomic E-state index is 0.111. The lowest BCUT2D eigenvalue weighted by molar-refractivity contribution is -0.143. The number of nitrogens with one attached hydrogen (secondary N) is 1. The summed E-state index contributed by atoms with van der Waals surface area (Å²) in [6.07, 6.45) is 3.34. The molecule has 7 heteroatoms. The number of hydrogen-bond donors (Lipinski definition) is 1. The second kappa shape index (κ2) is 7.69. The summed E-state index contributed by atoms with van der Waals surface area (Å²) >= 11 is 0. The van der Waals surface area contributed by atoms with Crippen molar-refractivity contribution in [2.45, 2.75) is 20.4 Å². The van der Waals surface area contributed by atoms with E-state index in [1.54, 1.807) is 36.7 Å². The molecule has 3 rings (SSSR count). The summed E-state index contributed by atoms with van der Waals surface area (Å²) < 4.78 is 12.1. The molecule has 0 saturated heterocycles. The summed E-state index contributed by atoms with van der Waals surface area (Å²) in [5.74, 6) is 0.119. The molecule has 0 bridgehead atoms. The zero-order valence-corrected chi connectivity index (χ0v) is 14.6. The Morgan fingerprint density at radius 2 is 2.08 bits per heavy atom. The van der Waals surface area contributed by atoms with E-state index < -0.39 is 5.91 Å². The Morgan fingerprint density at radius 1 is 1.27 bits per heavy atom. The monoisotopic (exact) mass is 353 g/mol. The van der Waals surface area contributed by atoms with E-state index in [0.29, 0.717) is 12.4 Å². The van der Waals surface area contributed by atoms with Crippen molar-refractivity contribution < 1.29 is 18.7 Å². The van der Waals surface area contributed by atoms with Gasteiger partial charge in [0.2, 0.25) is 0 Å². The molecule has 0 saturated carbocycles. The van der Waals surface area contributed by atoms with Gasteiger partial charge in [0.05, 0.1) is 12.8 Å². The zero-order chi connectivity index (χ0) is 18.5. The molecule has 134 valence electrons. The van der Waals surface area contributed by atoms with E-state index >= 15 is 0 Å². The van der Waals surface area contributed by atoms with Gasteiger partial charge < -0.3 is 13.7 Å². The lowest BCUT2D eigenvalue weighted by Crippen LogP contribution is -2.16. The van der Waals surface area contributed by atoms with Crippen LogP contribution >= 0.6 is 0 Å². The molecular weight excluding hydrogens is 334 g/mol. The summed E-state index contributed by atoms with van der Waals surface area (Å²) in [6, 6.07) is 10.9. The number of para-hydroxylation sites is 1. The quantitative estimate of drug-likeness (QED) is 0.419. The number of fused-ring (bicyclic) bond motifs is 1. The van der Waals surface area contributed by atoms with Gasteiger partial charge in [-0.15, -0.1) is 0 Å². The zero-order valence-electron chi connectivity index (χ0n) is 14.6. The molecule has 1 N–H and O–H groups in total. The average molecular weight is 353 g/mol. The number of aromatic nitrogens is 1. The highest BCUT2D eigenvalue weighted by atomic mass is 16.5. The first-order chi connectivity index (χ1) is 12.6. The number of benzene rings is 1. The summed E-state index contributed by atoms with van der Waals surface area (Å²) in [4.78, 5) is 23.7. The van der Waals surface area contributed by atoms with E-state index in [2.05, 4.69) is 10.5 Å². The maximum absolute atomic E-state index is 11.9. The molecule has 0 radical (unpaired) electrons. The Morgan fingerprint density at radius 3 is 2.81 bits per heavy atom. The van der Waals surface area contributed by atoms with Crippen molar-refractivity contribution in [3.05, 3.63) is 59.7 Å². The van der Waals surface area contributed by atoms with Crippen LogP contribution < -0.4 is 5.43 Å². The average Bonchev–Trinajstić information content (AvgIpc) is 3.20. The maximum atomic E-state index is 11.9. The fraction of sp³-hybridized carbons (Fsp3) is 0.211. The Balaban J connectivity index is 1.79. The van der Waals surface area contributed by atoms with Crippen LogP contribution in [0.3, 0.4) is 0 Å². The van der Waals surface area contributed by atoms with Gasteiger partial charge in [-0.05, 0) is 32.0 Å². The SMILES string of the molecule is CCOC(=O)Cn1cc(/C=N\NC(=O)c2ccc(C)o2)c2ccccc21. The van der Waals surface area contributed by atoms with Gasteiger partial charge >= 0.3 is 11.9 Å². The predicted octanol–water partition coefficient (Wildman–Crippen LogP) is 2.87. The van der Waals surface area contributed by atoms with Gasteiger partial charge in [-0.1, -0.05) is 18.2 Å². The van der Waals surface area contributed by atoms with E-state index in [0.717, 1.165) is 16.5 Å². The number of nitrogens with zero attached hydrogens (tertiary/aromatic N) is 2. The number of rotatable bonds is 6. The maximum Gasteiger partial charge on any atom is 0.325 e. The molecule has 0 aliphatic rings. The van der Waals surface area contributed by atoms with Gasteiger partial charge in [-0.3, -0.25) is 9.59 Å². The molecule has 0 fully saturated rings. The van der Waals surface area contributed by atoms with E-state index in [9.17, 15) is 9.59 Å². The van der Waals surface area contributed by atoms with E-state index in [4.69, 9.17) is 9.15 Å². The molecule has 0 unspecified atom stereocenters. The lowest BCUT2D eigenvalue weighted by atomic mass is 10.2. The van der Waals surface area contributed by atoms with Crippen LogP contribution in [0.15, 0.2) is 52.1 Å². The van der Waals surface area contributed by atoms with Crippen LogP contribution in [0.4, 0.5) is 0 Å². The highest BCUT2D eigenvalue weighted by molar-refractivity contribution is 6.00. The van der Waals surface area contributed by atoms with Crippen LogP contribution in [0.2, 0.25) is 0 Å². The number of aryl methyl sites for hydroxylation is 1. The fourth-order valence-corrected chi connectivity index (χ4v) is 2.63. The van der Waals surface area contributed by atoms with E-state index in [1.807, 2.05) is 24.3 Å². The second-order valence-corrected chi connectivity index (χ2v) is 5.64. The molecule has 0 aliphatic heterocycles. The topological polar surface area (TPSA) is 85.8 Å². The Bertz CT molecular complexity index is 968. The second-order valence-electron chi connectivity index (χ2n) is 5.64. The van der Waals surface area contributed by atoms with Crippen molar-refractivity contribution in [2.24, 2.45) is 5.10 Å². The minimum Gasteiger partial charge on any atom is -0.465 e. The summed E-state index contributed by atoms with van der Waals surface area (Å²) in [7, 11) is 0. The highest BCUT2D eigenvalue weighted by Gasteiger charge is 2.11. The van der Waals surface area contributed by atoms with Crippen molar-refractivity contribution in [2.75, 3.05) is 6.61 Å². The molecular formula is C19H19N3O4. The van der Waals surface area contributed by atoms with Crippen LogP contribution in [-0.2, 0) is 16.1 Å². The first-order valence-electron chi connectivity index (χ1n) is 8.22. The molecule has 0 aliphatic carbocycles. The fourth-order valence-electron chi connectivity index (χ4n) is 2.63. The first kappa shape index (κ1) is 17.5. The Hall–Kier alpha value is -3.35. The predicted molar refractivity (Wildman–Crippen MR) is 97.1 cm³/mol. The normalized spacial score (nSPS) is 11.2. The highest BCUT2D eigenvalue weighted by Crippen LogP contribution is 2.20. The Kier molecular flexibility index (Phi) is 5.17. The lowest BCUT2D eigenvalue weighted by Gasteiger charge is -2.04. The number of amides is 1. The van der Waals surface area contributed by atoms with Crippen LogP contribution in [0.1, 0.15) is 28.8 Å². The number of carbonyl (C=O) groups excluding carboxylic acids is 2. The molecule has 3 aromatic rings. The number of carbonyl (C=O) groups is 2. The van der Waals surface area contributed by atoms with Gasteiger partial charge in [0.15, 0.2) is 5.76 Å². The molecule has 0 spiro atoms. The smallest absolute Gasteiger partial charge is 0.325 e. The molecule has 1 aromatic carbocycles. The van der Waals surface area contributed by atoms with Crippen LogP contribution in [0.25, 0.3) is 10.9 Å². The van der Waals surface area contributed by atoms with Gasteiger partial charge in [0, 0.05) is 22.7 Å². The van der Waals surface area contributed by atoms with Gasteiger partial charge in [-0.25, -0.2) is 5.43 Å². The van der Waals surface area contributed by atoms with Crippen molar-refractivity contribution in [1.82, 2.24) is 9.99 Å². The van der Waals surface area contributed by atoms with Crippen LogP contribution in [0.5, 0.6) is 0 Å². The number of furan rings is 1. The summed E-state index contributed by atoms with van der Waals surface area (Å²) in [5.41, 5.74) is 4.09. The van der Waals surface area contributed by atoms with Gasteiger partial charge in [-0.2, -0.15) is 5.10 Å². The number of hydrazone groups is 1. The third-order valence-corrected chi connectivity index (χ3v) is 3.76. The van der Waals surface area contributed by atoms with Crippen molar-refractivity contribution in [3.63, 3.8) is 0 Å². The molecule has 2 heterocycles. The summed E-state index contributed by atoms with van der Waals surface area (Å²) in [6.45, 7) is 3.98. The number of hydrogen-bond acceptors (Lipinski definition) is 5. The molecule has 26 heavy (non-hydrogen) atoms. The van der Waals surface area contributed by atoms with Gasteiger partial charge in [0.25, 0.3) is 0 Å². The van der Waals surface area contributed by atoms with Crippen LogP contribution in [-0.4, -0.2) is 29.3 Å². The minimum atomic E-state index is -0.426. The third kappa shape index (κ3) is 3.83. The summed E-state index contributed by atoms with van der Waals surface area (Å²) in [5, 5.41) is 4.91. The van der Waals surface area contributed by atoms with Crippen LogP contribution in [0, 0.1) is 6.92 Å². The van der Waals surface area contributed by atoms with Crippen molar-refractivity contribution >= 4 is 29.0 Å². The molecule has 0 atom stereocenters. The number of ether oxygens (including phenoxy) is 1. The van der Waals surface area contributed by atoms with Crippen molar-refractivity contribution in [1.29, 1.82) is 0 Å². The molecule has 1 amide bonds. The number of esters is 1. The van der Waals surface area contributed by atoms with Crippen molar-refractivity contribution in [3.8, 4) is 0 Å². The Labute approximate surface area is 150 Å². The first-order valence-corrected chi connectivity index (χ1v) is 8.22.